The number of amides is 2. The van der Waals surface area contributed by atoms with Crippen molar-refractivity contribution in [3.05, 3.63) is 29.3 Å². The van der Waals surface area contributed by atoms with Crippen LogP contribution in [0.25, 0.3) is 0 Å². The molecule has 0 spiro atoms. The summed E-state index contributed by atoms with van der Waals surface area (Å²) in [5.74, 6) is 2.30. The second-order valence-corrected chi connectivity index (χ2v) is 3.75. The molecule has 0 bridgehead atoms. The van der Waals surface area contributed by atoms with Crippen LogP contribution in [0.5, 0.6) is 0 Å². The quantitative estimate of drug-likeness (QED) is 0.417. The van der Waals surface area contributed by atoms with Crippen LogP contribution in [0.3, 0.4) is 0 Å². The molecule has 4 N–H and O–H groups in total. The maximum Gasteiger partial charge on any atom is 0.326 e. The second kappa shape index (κ2) is 6.30. The molecule has 0 radical (unpaired) electrons. The zero-order chi connectivity index (χ0) is 13.5. The number of aliphatic imine (C=N–C) groups is 1. The van der Waals surface area contributed by atoms with Crippen LogP contribution < -0.4 is 16.4 Å². The number of benzene rings is 1. The molecule has 0 aliphatic carbocycles. The third-order valence-electron chi connectivity index (χ3n) is 2.30. The molecule has 0 aliphatic rings. The van der Waals surface area contributed by atoms with E-state index in [4.69, 9.17) is 12.2 Å². The van der Waals surface area contributed by atoms with Crippen LogP contribution in [0.2, 0.25) is 0 Å². The van der Waals surface area contributed by atoms with Crippen molar-refractivity contribution in [3.8, 4) is 12.3 Å². The van der Waals surface area contributed by atoms with Gasteiger partial charge in [-0.15, -0.1) is 6.42 Å². The van der Waals surface area contributed by atoms with Crippen LogP contribution in [-0.2, 0) is 0 Å². The third kappa shape index (κ3) is 3.83. The first-order valence-corrected chi connectivity index (χ1v) is 5.42. The summed E-state index contributed by atoms with van der Waals surface area (Å²) in [5.41, 5.74) is 8.19. The monoisotopic (exact) mass is 244 g/mol. The zero-order valence-corrected chi connectivity index (χ0v) is 10.4. The van der Waals surface area contributed by atoms with E-state index in [1.54, 1.807) is 0 Å². The van der Waals surface area contributed by atoms with Gasteiger partial charge >= 0.3 is 6.03 Å². The highest BCUT2D eigenvalue weighted by Gasteiger charge is 2.07. The molecule has 0 unspecified atom stereocenters. The topological polar surface area (TPSA) is 79.5 Å². The lowest BCUT2D eigenvalue weighted by Crippen LogP contribution is -2.39. The molecular formula is C13H16N4O. The number of nitrogens with two attached hydrogens (primary N) is 1. The number of urea groups is 1. The van der Waals surface area contributed by atoms with Gasteiger partial charge in [0.05, 0.1) is 0 Å². The Bertz CT molecular complexity index is 494. The van der Waals surface area contributed by atoms with Gasteiger partial charge in [-0.05, 0) is 25.0 Å². The van der Waals surface area contributed by atoms with Gasteiger partial charge in [-0.1, -0.05) is 24.1 Å². The summed E-state index contributed by atoms with van der Waals surface area (Å²) in [6.45, 7) is 3.96. The number of anilines is 1. The van der Waals surface area contributed by atoms with Crippen molar-refractivity contribution in [1.29, 1.82) is 0 Å². The van der Waals surface area contributed by atoms with Crippen molar-refractivity contribution in [2.75, 3.05) is 11.9 Å². The first-order chi connectivity index (χ1) is 8.54. The molecule has 0 heterocycles. The van der Waals surface area contributed by atoms with E-state index in [9.17, 15) is 4.79 Å². The highest BCUT2D eigenvalue weighted by atomic mass is 16.2. The van der Waals surface area contributed by atoms with E-state index in [2.05, 4.69) is 21.5 Å². The molecule has 5 nitrogen and oxygen atoms in total. The molecule has 18 heavy (non-hydrogen) atoms. The summed E-state index contributed by atoms with van der Waals surface area (Å²) in [6, 6.07) is 5.32. The van der Waals surface area contributed by atoms with Gasteiger partial charge in [-0.25, -0.2) is 9.79 Å². The molecule has 0 aliphatic heterocycles. The van der Waals surface area contributed by atoms with E-state index in [0.29, 0.717) is 0 Å². The smallest absolute Gasteiger partial charge is 0.326 e. The fourth-order valence-corrected chi connectivity index (χ4v) is 1.44. The standard InChI is InChI=1S/C13H16N4O/c1-4-8-15-12(14)17-13(18)16-11-9(2)6-5-7-10(11)3/h1,5-7H,8H2,2-3H3,(H4,14,15,16,17,18). The number of rotatable bonds is 2. The van der Waals surface area contributed by atoms with Crippen LogP contribution in [-0.4, -0.2) is 18.5 Å². The Morgan fingerprint density at radius 1 is 1.44 bits per heavy atom. The minimum Gasteiger partial charge on any atom is -0.370 e. The average molecular weight is 244 g/mol. The Balaban J connectivity index is 2.69. The predicted molar refractivity (Wildman–Crippen MR) is 73.4 cm³/mol. The SMILES string of the molecule is C#CCN=C(N)NC(=O)Nc1c(C)cccc1C. The molecule has 0 fully saturated rings. The molecule has 1 rings (SSSR count). The van der Waals surface area contributed by atoms with E-state index >= 15 is 0 Å². The molecule has 0 aromatic heterocycles. The molecule has 94 valence electrons. The van der Waals surface area contributed by atoms with Crippen LogP contribution in [0.4, 0.5) is 10.5 Å². The number of hydrogen-bond donors (Lipinski definition) is 3. The van der Waals surface area contributed by atoms with Gasteiger partial charge in [0.25, 0.3) is 0 Å². The summed E-state index contributed by atoms with van der Waals surface area (Å²) < 4.78 is 0. The number of nitrogens with zero attached hydrogens (tertiary/aromatic N) is 1. The largest absolute Gasteiger partial charge is 0.370 e. The molecule has 2 amide bonds. The second-order valence-electron chi connectivity index (χ2n) is 3.75. The first-order valence-electron chi connectivity index (χ1n) is 5.42. The fourth-order valence-electron chi connectivity index (χ4n) is 1.44. The summed E-state index contributed by atoms with van der Waals surface area (Å²) in [4.78, 5) is 15.4. The van der Waals surface area contributed by atoms with E-state index < -0.39 is 6.03 Å². The molecular weight excluding hydrogens is 228 g/mol. The van der Waals surface area contributed by atoms with Crippen molar-refractivity contribution in [1.82, 2.24) is 5.32 Å². The minimum atomic E-state index is -0.439. The van der Waals surface area contributed by atoms with Crippen molar-refractivity contribution < 1.29 is 4.79 Å². The highest BCUT2D eigenvalue weighted by Crippen LogP contribution is 2.18. The molecule has 0 atom stereocenters. The van der Waals surface area contributed by atoms with Crippen LogP contribution in [0, 0.1) is 26.2 Å². The number of carbonyl (C=O) groups excluding carboxylic acids is 1. The van der Waals surface area contributed by atoms with Gasteiger partial charge in [0.2, 0.25) is 0 Å². The Kier molecular flexibility index (Phi) is 4.76. The number of nitrogens with one attached hydrogen (secondary N) is 2. The normalized spacial score (nSPS) is 10.6. The lowest BCUT2D eigenvalue weighted by molar-refractivity contribution is 0.256. The number of aryl methyl sites for hydroxylation is 2. The van der Waals surface area contributed by atoms with Gasteiger partial charge in [0, 0.05) is 5.69 Å². The Hall–Kier alpha value is -2.48. The Labute approximate surface area is 106 Å². The molecule has 1 aromatic rings. The summed E-state index contributed by atoms with van der Waals surface area (Å²) in [5, 5.41) is 5.12. The van der Waals surface area contributed by atoms with Crippen molar-refractivity contribution >= 4 is 17.7 Å². The minimum absolute atomic E-state index is 0.00307. The Morgan fingerprint density at radius 2 is 2.06 bits per heavy atom. The van der Waals surface area contributed by atoms with Crippen molar-refractivity contribution in [2.45, 2.75) is 13.8 Å². The zero-order valence-electron chi connectivity index (χ0n) is 10.4. The first kappa shape index (κ1) is 13.6. The van der Waals surface area contributed by atoms with E-state index in [1.165, 1.54) is 0 Å². The molecule has 1 aromatic carbocycles. The number of guanidine groups is 1. The van der Waals surface area contributed by atoms with Crippen molar-refractivity contribution in [3.63, 3.8) is 0 Å². The van der Waals surface area contributed by atoms with Gasteiger partial charge < -0.3 is 11.1 Å². The van der Waals surface area contributed by atoms with Crippen LogP contribution in [0.1, 0.15) is 11.1 Å². The number of terminal acetylenes is 1. The summed E-state index contributed by atoms with van der Waals surface area (Å²) in [6.07, 6.45) is 5.03. The van der Waals surface area contributed by atoms with Gasteiger partial charge in [0.15, 0.2) is 5.96 Å². The van der Waals surface area contributed by atoms with Crippen LogP contribution in [0.15, 0.2) is 23.2 Å². The fraction of sp³-hybridized carbons (Fsp3) is 0.231. The average Bonchev–Trinajstić information content (AvgIpc) is 2.31. The van der Waals surface area contributed by atoms with E-state index in [0.717, 1.165) is 16.8 Å². The summed E-state index contributed by atoms with van der Waals surface area (Å²) >= 11 is 0. The molecule has 0 saturated carbocycles. The van der Waals surface area contributed by atoms with E-state index in [1.807, 2.05) is 32.0 Å². The van der Waals surface area contributed by atoms with Gasteiger partial charge in [-0.3, -0.25) is 5.32 Å². The van der Waals surface area contributed by atoms with Gasteiger partial charge in [0.1, 0.15) is 6.54 Å². The van der Waals surface area contributed by atoms with E-state index in [-0.39, 0.29) is 12.5 Å². The lowest BCUT2D eigenvalue weighted by atomic mass is 10.1. The van der Waals surface area contributed by atoms with Crippen molar-refractivity contribution in [2.24, 2.45) is 10.7 Å². The highest BCUT2D eigenvalue weighted by molar-refractivity contribution is 6.02. The number of carbonyl (C=O) groups is 1. The maximum absolute atomic E-state index is 11.7. The Morgan fingerprint density at radius 3 is 2.61 bits per heavy atom. The number of para-hydroxylation sites is 1. The van der Waals surface area contributed by atoms with Crippen LogP contribution >= 0.6 is 0 Å². The lowest BCUT2D eigenvalue weighted by Gasteiger charge is -2.11. The maximum atomic E-state index is 11.7. The predicted octanol–water partition coefficient (Wildman–Crippen LogP) is 1.37. The summed E-state index contributed by atoms with van der Waals surface area (Å²) in [7, 11) is 0. The number of hydrogen-bond acceptors (Lipinski definition) is 2. The molecule has 5 heteroatoms. The molecule has 0 saturated heterocycles. The third-order valence-corrected chi connectivity index (χ3v) is 2.30. The van der Waals surface area contributed by atoms with Gasteiger partial charge in [-0.2, -0.15) is 0 Å².